The fraction of sp³-hybridized carbons (Fsp3) is 0.429. The zero-order valence-electron chi connectivity index (χ0n) is 12.6. The number of halogens is 1. The molecule has 0 aliphatic carbocycles. The van der Waals surface area contributed by atoms with E-state index in [-0.39, 0.29) is 24.9 Å². The van der Waals surface area contributed by atoms with Crippen LogP contribution in [0.15, 0.2) is 12.1 Å². The van der Waals surface area contributed by atoms with Crippen molar-refractivity contribution in [3.8, 4) is 5.75 Å². The van der Waals surface area contributed by atoms with Crippen LogP contribution >= 0.6 is 11.6 Å². The highest BCUT2D eigenvalue weighted by atomic mass is 35.5. The van der Waals surface area contributed by atoms with E-state index in [0.717, 1.165) is 5.56 Å². The zero-order chi connectivity index (χ0) is 16.0. The molecule has 2 N–H and O–H groups in total. The molecule has 0 saturated carbocycles. The molecule has 1 rings (SSSR count). The van der Waals surface area contributed by atoms with Crippen molar-refractivity contribution in [3.63, 3.8) is 0 Å². The van der Waals surface area contributed by atoms with E-state index in [1.165, 1.54) is 7.11 Å². The van der Waals surface area contributed by atoms with Crippen LogP contribution in [0.4, 0.5) is 5.69 Å². The summed E-state index contributed by atoms with van der Waals surface area (Å²) in [6.45, 7) is 2.09. The van der Waals surface area contributed by atoms with Crippen LogP contribution in [0, 0.1) is 6.92 Å². The van der Waals surface area contributed by atoms with E-state index >= 15 is 0 Å². The second-order valence-corrected chi connectivity index (χ2v) is 5.10. The Kier molecular flexibility index (Phi) is 6.45. The minimum Gasteiger partial charge on any atom is -0.495 e. The van der Waals surface area contributed by atoms with Gasteiger partial charge < -0.3 is 15.4 Å². The van der Waals surface area contributed by atoms with Gasteiger partial charge in [0.05, 0.1) is 25.9 Å². The monoisotopic (exact) mass is 313 g/mol. The number of nitrogens with zero attached hydrogens (tertiary/aromatic N) is 1. The first-order chi connectivity index (χ1) is 9.87. The number of nitrogens with one attached hydrogen (secondary N) is 2. The molecule has 0 unspecified atom stereocenters. The highest BCUT2D eigenvalue weighted by Gasteiger charge is 2.13. The maximum absolute atomic E-state index is 12.0. The van der Waals surface area contributed by atoms with Gasteiger partial charge in [0.15, 0.2) is 0 Å². The van der Waals surface area contributed by atoms with Crippen molar-refractivity contribution in [1.29, 1.82) is 0 Å². The first-order valence-corrected chi connectivity index (χ1v) is 6.78. The number of likely N-dealkylation sites (N-methyl/N-ethyl adjacent to an activating group) is 2. The topological polar surface area (TPSA) is 70.7 Å². The van der Waals surface area contributed by atoms with Gasteiger partial charge in [0.2, 0.25) is 11.8 Å². The predicted molar refractivity (Wildman–Crippen MR) is 82.9 cm³/mol. The highest BCUT2D eigenvalue weighted by Crippen LogP contribution is 2.30. The van der Waals surface area contributed by atoms with E-state index in [9.17, 15) is 9.59 Å². The molecule has 0 bridgehead atoms. The van der Waals surface area contributed by atoms with Crippen molar-refractivity contribution < 1.29 is 14.3 Å². The summed E-state index contributed by atoms with van der Waals surface area (Å²) >= 11 is 6.01. The lowest BCUT2D eigenvalue weighted by molar-refractivity contribution is -0.122. The fourth-order valence-corrected chi connectivity index (χ4v) is 1.90. The van der Waals surface area contributed by atoms with Crippen molar-refractivity contribution in [2.75, 3.05) is 39.6 Å². The number of methoxy groups -OCH3 is 1. The summed E-state index contributed by atoms with van der Waals surface area (Å²) in [5.41, 5.74) is 1.39. The molecule has 2 amide bonds. The molecule has 1 aromatic rings. The maximum Gasteiger partial charge on any atom is 0.238 e. The molecule has 7 heteroatoms. The Hall–Kier alpha value is -1.79. The lowest BCUT2D eigenvalue weighted by Gasteiger charge is -2.16. The molecule has 0 atom stereocenters. The van der Waals surface area contributed by atoms with Gasteiger partial charge >= 0.3 is 0 Å². The van der Waals surface area contributed by atoms with Crippen molar-refractivity contribution in [2.45, 2.75) is 6.92 Å². The number of aryl methyl sites for hydroxylation is 1. The number of rotatable bonds is 6. The van der Waals surface area contributed by atoms with Crippen molar-refractivity contribution in [2.24, 2.45) is 0 Å². The fourth-order valence-electron chi connectivity index (χ4n) is 1.74. The number of carbonyl (C=O) groups is 2. The SMILES string of the molecule is CNC(=O)CN(C)CC(=O)Nc1cc(C)c(Cl)cc1OC. The number of hydrogen-bond donors (Lipinski definition) is 2. The molecule has 0 aromatic heterocycles. The molecule has 1 aromatic carbocycles. The summed E-state index contributed by atoms with van der Waals surface area (Å²) in [5.74, 6) is 0.111. The second-order valence-electron chi connectivity index (χ2n) is 4.70. The predicted octanol–water partition coefficient (Wildman–Crippen LogP) is 1.27. The quantitative estimate of drug-likeness (QED) is 0.830. The molecule has 21 heavy (non-hydrogen) atoms. The summed E-state index contributed by atoms with van der Waals surface area (Å²) < 4.78 is 5.19. The third-order valence-corrected chi connectivity index (χ3v) is 3.27. The molecule has 0 saturated heterocycles. The van der Waals surface area contributed by atoms with Crippen molar-refractivity contribution in [1.82, 2.24) is 10.2 Å². The summed E-state index contributed by atoms with van der Waals surface area (Å²) in [4.78, 5) is 24.8. The number of benzene rings is 1. The minimum atomic E-state index is -0.235. The van der Waals surface area contributed by atoms with Gasteiger partial charge in [-0.2, -0.15) is 0 Å². The molecular formula is C14H20ClN3O3. The number of ether oxygens (including phenoxy) is 1. The lowest BCUT2D eigenvalue weighted by atomic mass is 10.2. The molecule has 0 radical (unpaired) electrons. The summed E-state index contributed by atoms with van der Waals surface area (Å²) in [6.07, 6.45) is 0. The van der Waals surface area contributed by atoms with Crippen LogP contribution in [-0.4, -0.2) is 51.0 Å². The van der Waals surface area contributed by atoms with Gasteiger partial charge in [0.1, 0.15) is 5.75 Å². The summed E-state index contributed by atoms with van der Waals surface area (Å²) in [7, 11) is 4.76. The molecule has 116 valence electrons. The first-order valence-electron chi connectivity index (χ1n) is 6.40. The van der Waals surface area contributed by atoms with Gasteiger partial charge in [0.25, 0.3) is 0 Å². The second kappa shape index (κ2) is 7.85. The van der Waals surface area contributed by atoms with Gasteiger partial charge in [-0.05, 0) is 25.6 Å². The Bertz CT molecular complexity index is 534. The van der Waals surface area contributed by atoms with Crippen LogP contribution in [0.2, 0.25) is 5.02 Å². The molecule has 0 aliphatic rings. The largest absolute Gasteiger partial charge is 0.495 e. The molecule has 0 heterocycles. The van der Waals surface area contributed by atoms with Gasteiger partial charge in [-0.3, -0.25) is 14.5 Å². The van der Waals surface area contributed by atoms with Crippen LogP contribution in [0.1, 0.15) is 5.56 Å². The van der Waals surface area contributed by atoms with Crippen molar-refractivity contribution >= 4 is 29.1 Å². The van der Waals surface area contributed by atoms with Crippen LogP contribution < -0.4 is 15.4 Å². The van der Waals surface area contributed by atoms with Gasteiger partial charge in [-0.15, -0.1) is 0 Å². The Labute approximate surface area is 129 Å². The van der Waals surface area contributed by atoms with E-state index < -0.39 is 0 Å². The normalized spacial score (nSPS) is 10.4. The summed E-state index contributed by atoms with van der Waals surface area (Å²) in [6, 6.07) is 3.40. The Morgan fingerprint density at radius 3 is 2.48 bits per heavy atom. The lowest BCUT2D eigenvalue weighted by Crippen LogP contribution is -2.37. The van der Waals surface area contributed by atoms with Gasteiger partial charge in [-0.25, -0.2) is 0 Å². The van der Waals surface area contributed by atoms with Gasteiger partial charge in [0, 0.05) is 18.1 Å². The smallest absolute Gasteiger partial charge is 0.238 e. The van der Waals surface area contributed by atoms with E-state index in [0.29, 0.717) is 16.5 Å². The molecule has 6 nitrogen and oxygen atoms in total. The average molecular weight is 314 g/mol. The third-order valence-electron chi connectivity index (χ3n) is 2.86. The van der Waals surface area contributed by atoms with Crippen molar-refractivity contribution in [3.05, 3.63) is 22.7 Å². The Balaban J connectivity index is 2.70. The van der Waals surface area contributed by atoms with Crippen LogP contribution in [0.3, 0.4) is 0 Å². The highest BCUT2D eigenvalue weighted by molar-refractivity contribution is 6.31. The standard InChI is InChI=1S/C14H20ClN3O3/c1-9-5-11(12(21-4)6-10(9)15)17-14(20)8-18(3)7-13(19)16-2/h5-6H,7-8H2,1-4H3,(H,16,19)(H,17,20). The zero-order valence-corrected chi connectivity index (χ0v) is 13.4. The number of carbonyl (C=O) groups excluding carboxylic acids is 2. The molecule has 0 fully saturated rings. The van der Waals surface area contributed by atoms with E-state index in [1.807, 2.05) is 6.92 Å². The van der Waals surface area contributed by atoms with Crippen LogP contribution in [-0.2, 0) is 9.59 Å². The molecule has 0 spiro atoms. The van der Waals surface area contributed by atoms with Crippen LogP contribution in [0.5, 0.6) is 5.75 Å². The van der Waals surface area contributed by atoms with Crippen LogP contribution in [0.25, 0.3) is 0 Å². The summed E-state index contributed by atoms with van der Waals surface area (Å²) in [5, 5.41) is 5.83. The number of anilines is 1. The Morgan fingerprint density at radius 2 is 1.90 bits per heavy atom. The van der Waals surface area contributed by atoms with E-state index in [4.69, 9.17) is 16.3 Å². The Morgan fingerprint density at radius 1 is 1.29 bits per heavy atom. The molecule has 0 aliphatic heterocycles. The number of amides is 2. The minimum absolute atomic E-state index is 0.0955. The third kappa shape index (κ3) is 5.24. The van der Waals surface area contributed by atoms with Gasteiger partial charge in [-0.1, -0.05) is 11.6 Å². The number of hydrogen-bond acceptors (Lipinski definition) is 4. The first kappa shape index (κ1) is 17.3. The van der Waals surface area contributed by atoms with E-state index in [2.05, 4.69) is 10.6 Å². The maximum atomic E-state index is 12.0. The average Bonchev–Trinajstić information content (AvgIpc) is 2.41. The van der Waals surface area contributed by atoms with E-state index in [1.54, 1.807) is 31.1 Å². The molecular weight excluding hydrogens is 294 g/mol.